The molecule has 1 atom stereocenters. The van der Waals surface area contributed by atoms with E-state index in [1.807, 2.05) is 24.3 Å². The molecule has 0 saturated carbocycles. The molecule has 1 saturated heterocycles. The van der Waals surface area contributed by atoms with Crippen LogP contribution in [0, 0.1) is 5.92 Å². The number of phenols is 1. The monoisotopic (exact) mass is 493 g/mol. The van der Waals surface area contributed by atoms with Crippen LogP contribution in [0.5, 0.6) is 5.75 Å². The van der Waals surface area contributed by atoms with Crippen molar-refractivity contribution < 1.29 is 18.3 Å². The van der Waals surface area contributed by atoms with Gasteiger partial charge in [0, 0.05) is 24.8 Å². The van der Waals surface area contributed by atoms with Gasteiger partial charge in [-0.2, -0.15) is 4.31 Å². The number of fused-ring (bicyclic) bond motifs is 1. The second kappa shape index (κ2) is 9.17. The van der Waals surface area contributed by atoms with Crippen LogP contribution in [0.15, 0.2) is 77.7 Å². The molecule has 0 aliphatic carbocycles. The smallest absolute Gasteiger partial charge is 0.243 e. The van der Waals surface area contributed by atoms with E-state index < -0.39 is 15.9 Å². The number of piperidine rings is 1. The lowest BCUT2D eigenvalue weighted by molar-refractivity contribution is -0.120. The van der Waals surface area contributed by atoms with E-state index >= 15 is 0 Å². The zero-order valence-corrected chi connectivity index (χ0v) is 19.8. The van der Waals surface area contributed by atoms with Crippen LogP contribution < -0.4 is 5.32 Å². The highest BCUT2D eigenvalue weighted by Crippen LogP contribution is 2.36. The summed E-state index contributed by atoms with van der Waals surface area (Å²) in [6.07, 6.45) is 1.20. The largest absolute Gasteiger partial charge is 0.507 e. The Morgan fingerprint density at radius 3 is 2.59 bits per heavy atom. The zero-order chi connectivity index (χ0) is 23.7. The number of nitrogens with one attached hydrogen (secondary N) is 1. The molecule has 0 radical (unpaired) electrons. The Morgan fingerprint density at radius 2 is 1.82 bits per heavy atom. The number of anilines is 1. The van der Waals surface area contributed by atoms with E-state index in [0.29, 0.717) is 35.6 Å². The first-order valence-electron chi connectivity index (χ1n) is 11.0. The van der Waals surface area contributed by atoms with Gasteiger partial charge in [0.2, 0.25) is 15.9 Å². The predicted octanol–water partition coefficient (Wildman–Crippen LogP) is 4.71. The molecule has 1 unspecified atom stereocenters. The van der Waals surface area contributed by atoms with Crippen LogP contribution in [-0.2, 0) is 14.8 Å². The van der Waals surface area contributed by atoms with Gasteiger partial charge in [-0.25, -0.2) is 13.4 Å². The molecule has 0 bridgehead atoms. The van der Waals surface area contributed by atoms with E-state index in [-0.39, 0.29) is 23.1 Å². The summed E-state index contributed by atoms with van der Waals surface area (Å²) in [5.74, 6) is -0.716. The number of sulfonamides is 1. The molecule has 1 amide bonds. The Bertz CT molecular complexity index is 1420. The van der Waals surface area contributed by atoms with Gasteiger partial charge in [0.25, 0.3) is 0 Å². The number of carbonyl (C=O) groups excluding carboxylic acids is 1. The summed E-state index contributed by atoms with van der Waals surface area (Å²) in [5, 5.41) is 14.1. The van der Waals surface area contributed by atoms with Crippen molar-refractivity contribution in [3.63, 3.8) is 0 Å². The van der Waals surface area contributed by atoms with Crippen LogP contribution in [0.25, 0.3) is 20.8 Å². The number of thiazole rings is 1. The number of nitrogens with zero attached hydrogens (tertiary/aromatic N) is 2. The molecule has 34 heavy (non-hydrogen) atoms. The van der Waals surface area contributed by atoms with E-state index in [0.717, 1.165) is 10.2 Å². The first-order valence-corrected chi connectivity index (χ1v) is 13.2. The third-order valence-corrected chi connectivity index (χ3v) is 8.87. The lowest BCUT2D eigenvalue weighted by Crippen LogP contribution is -2.43. The number of phenolic OH excluding ortho intramolecular Hbond substituents is 1. The minimum Gasteiger partial charge on any atom is -0.507 e. The van der Waals surface area contributed by atoms with Crippen molar-refractivity contribution in [2.24, 2.45) is 5.92 Å². The van der Waals surface area contributed by atoms with Crippen molar-refractivity contribution in [3.05, 3.63) is 72.8 Å². The third-order valence-electron chi connectivity index (χ3n) is 5.93. The molecular weight excluding hydrogens is 470 g/mol. The van der Waals surface area contributed by atoms with Crippen molar-refractivity contribution >= 4 is 43.2 Å². The van der Waals surface area contributed by atoms with Crippen molar-refractivity contribution in [2.45, 2.75) is 17.7 Å². The Balaban J connectivity index is 1.30. The van der Waals surface area contributed by atoms with Gasteiger partial charge in [-0.1, -0.05) is 30.3 Å². The highest BCUT2D eigenvalue weighted by atomic mass is 32.2. The SMILES string of the molecule is O=C(Nc1ccc(-c2nc3ccccc3s2)c(O)c1)C1CCCN(S(=O)(=O)c2ccccc2)C1. The van der Waals surface area contributed by atoms with E-state index in [1.54, 1.807) is 42.5 Å². The second-order valence-electron chi connectivity index (χ2n) is 8.22. The van der Waals surface area contributed by atoms with Gasteiger partial charge in [0.1, 0.15) is 10.8 Å². The van der Waals surface area contributed by atoms with Crippen LogP contribution in [0.3, 0.4) is 0 Å². The Morgan fingerprint density at radius 1 is 1.06 bits per heavy atom. The molecule has 1 aliphatic heterocycles. The minimum absolute atomic E-state index is 0.0220. The molecule has 1 fully saturated rings. The summed E-state index contributed by atoms with van der Waals surface area (Å²) in [7, 11) is -3.65. The molecule has 4 aromatic rings. The molecule has 2 N–H and O–H groups in total. The number of para-hydroxylation sites is 1. The zero-order valence-electron chi connectivity index (χ0n) is 18.2. The lowest BCUT2D eigenvalue weighted by atomic mass is 9.98. The summed E-state index contributed by atoms with van der Waals surface area (Å²) in [5.41, 5.74) is 1.92. The number of benzene rings is 3. The summed E-state index contributed by atoms with van der Waals surface area (Å²) in [4.78, 5) is 17.7. The fraction of sp³-hybridized carbons (Fsp3) is 0.200. The molecule has 174 valence electrons. The third kappa shape index (κ3) is 4.42. The van der Waals surface area contributed by atoms with Crippen LogP contribution in [0.1, 0.15) is 12.8 Å². The van der Waals surface area contributed by atoms with Gasteiger partial charge in [0.15, 0.2) is 0 Å². The average molecular weight is 494 g/mol. The molecular formula is C25H23N3O4S2. The summed E-state index contributed by atoms with van der Waals surface area (Å²) in [6, 6.07) is 21.0. The summed E-state index contributed by atoms with van der Waals surface area (Å²) >= 11 is 1.49. The van der Waals surface area contributed by atoms with Crippen molar-refractivity contribution in [2.75, 3.05) is 18.4 Å². The van der Waals surface area contributed by atoms with Crippen LogP contribution >= 0.6 is 11.3 Å². The van der Waals surface area contributed by atoms with Gasteiger partial charge in [-0.05, 0) is 49.2 Å². The van der Waals surface area contributed by atoms with Gasteiger partial charge in [-0.3, -0.25) is 4.79 Å². The van der Waals surface area contributed by atoms with Crippen molar-refractivity contribution in [1.29, 1.82) is 0 Å². The fourth-order valence-electron chi connectivity index (χ4n) is 4.14. The second-order valence-corrected chi connectivity index (χ2v) is 11.2. The van der Waals surface area contributed by atoms with Gasteiger partial charge >= 0.3 is 0 Å². The standard InChI is InChI=1S/C25H23N3O4S2/c29-22-15-18(12-13-20(22)25-27-21-10-4-5-11-23(21)33-25)26-24(30)17-7-6-14-28(16-17)34(31,32)19-8-2-1-3-9-19/h1-5,8-13,15,17,29H,6-7,14,16H2,(H,26,30). The Hall–Kier alpha value is -3.27. The molecule has 7 nitrogen and oxygen atoms in total. The van der Waals surface area contributed by atoms with Crippen LogP contribution in [0.2, 0.25) is 0 Å². The fourth-order valence-corrected chi connectivity index (χ4v) is 6.68. The highest BCUT2D eigenvalue weighted by molar-refractivity contribution is 7.89. The average Bonchev–Trinajstić information content (AvgIpc) is 3.28. The topological polar surface area (TPSA) is 99.6 Å². The normalized spacial score (nSPS) is 17.0. The van der Waals surface area contributed by atoms with Gasteiger partial charge < -0.3 is 10.4 Å². The maximum absolute atomic E-state index is 13.0. The molecule has 1 aromatic heterocycles. The molecule has 3 aromatic carbocycles. The molecule has 0 spiro atoms. The number of amides is 1. The Kier molecular flexibility index (Phi) is 6.07. The van der Waals surface area contributed by atoms with E-state index in [4.69, 9.17) is 0 Å². The lowest BCUT2D eigenvalue weighted by Gasteiger charge is -2.31. The molecule has 5 rings (SSSR count). The van der Waals surface area contributed by atoms with Crippen molar-refractivity contribution in [1.82, 2.24) is 9.29 Å². The van der Waals surface area contributed by atoms with Gasteiger partial charge in [-0.15, -0.1) is 11.3 Å². The van der Waals surface area contributed by atoms with Crippen LogP contribution in [-0.4, -0.2) is 41.8 Å². The van der Waals surface area contributed by atoms with Crippen molar-refractivity contribution in [3.8, 4) is 16.3 Å². The van der Waals surface area contributed by atoms with E-state index in [9.17, 15) is 18.3 Å². The Labute approximate surface area is 201 Å². The first-order chi connectivity index (χ1) is 16.4. The summed E-state index contributed by atoms with van der Waals surface area (Å²) in [6.45, 7) is 0.511. The van der Waals surface area contributed by atoms with Crippen LogP contribution in [0.4, 0.5) is 5.69 Å². The molecule has 9 heteroatoms. The highest BCUT2D eigenvalue weighted by Gasteiger charge is 2.33. The van der Waals surface area contributed by atoms with E-state index in [1.165, 1.54) is 21.7 Å². The number of aromatic nitrogens is 1. The quantitative estimate of drug-likeness (QED) is 0.420. The summed E-state index contributed by atoms with van der Waals surface area (Å²) < 4.78 is 28.3. The number of aromatic hydroxyl groups is 1. The maximum Gasteiger partial charge on any atom is 0.243 e. The predicted molar refractivity (Wildman–Crippen MR) is 133 cm³/mol. The van der Waals surface area contributed by atoms with E-state index in [2.05, 4.69) is 10.3 Å². The molecule has 1 aliphatic rings. The number of hydrogen-bond acceptors (Lipinski definition) is 6. The number of rotatable bonds is 5. The maximum atomic E-state index is 13.0. The molecule has 2 heterocycles. The first kappa shape index (κ1) is 22.5. The minimum atomic E-state index is -3.65. The number of hydrogen-bond donors (Lipinski definition) is 2. The van der Waals surface area contributed by atoms with Gasteiger partial charge in [0.05, 0.1) is 26.6 Å². The number of carbonyl (C=O) groups is 1.